The zero-order valence-electron chi connectivity index (χ0n) is 12.9. The Morgan fingerprint density at radius 1 is 1.27 bits per heavy atom. The van der Waals surface area contributed by atoms with Crippen molar-refractivity contribution < 1.29 is 14.7 Å². The Labute approximate surface area is 133 Å². The summed E-state index contributed by atoms with van der Waals surface area (Å²) in [6.45, 7) is 6.19. The van der Waals surface area contributed by atoms with Gasteiger partial charge in [0.15, 0.2) is 5.13 Å². The highest BCUT2D eigenvalue weighted by Crippen LogP contribution is 2.48. The van der Waals surface area contributed by atoms with Crippen LogP contribution in [0.1, 0.15) is 32.9 Å². The molecule has 2 N–H and O–H groups in total. The first-order valence-corrected chi connectivity index (χ1v) is 8.33. The van der Waals surface area contributed by atoms with Gasteiger partial charge in [-0.15, -0.1) is 11.3 Å². The molecular formula is C16H20N2O3S. The highest BCUT2D eigenvalue weighted by molar-refractivity contribution is 7.13. The Bertz CT molecular complexity index is 644. The number of thiazole rings is 1. The summed E-state index contributed by atoms with van der Waals surface area (Å²) >= 11 is 1.38. The second-order valence-corrected chi connectivity index (χ2v) is 7.97. The number of carbonyl (C=O) groups is 2. The molecule has 1 fully saturated rings. The summed E-state index contributed by atoms with van der Waals surface area (Å²) in [5, 5.41) is 14.7. The largest absolute Gasteiger partial charge is 0.481 e. The van der Waals surface area contributed by atoms with Gasteiger partial charge in [0.05, 0.1) is 17.5 Å². The van der Waals surface area contributed by atoms with Crippen molar-refractivity contribution in [3.63, 3.8) is 0 Å². The smallest absolute Gasteiger partial charge is 0.307 e. The predicted octanol–water partition coefficient (Wildman–Crippen LogP) is 2.90. The van der Waals surface area contributed by atoms with Gasteiger partial charge in [-0.05, 0) is 18.3 Å². The lowest BCUT2D eigenvalue weighted by Crippen LogP contribution is -2.36. The predicted molar refractivity (Wildman–Crippen MR) is 84.8 cm³/mol. The molecular weight excluding hydrogens is 300 g/mol. The van der Waals surface area contributed by atoms with Crippen LogP contribution in [0.4, 0.5) is 5.13 Å². The Morgan fingerprint density at radius 3 is 2.45 bits per heavy atom. The lowest BCUT2D eigenvalue weighted by Gasteiger charge is -2.23. The molecule has 2 aliphatic carbocycles. The SMILES string of the molecule is CC(C)(C)c1csc(NC(=O)[C@H]2[C@H](C(=O)O)[C@H]3C=C[C@H]2C3)n1. The fourth-order valence-corrected chi connectivity index (χ4v) is 4.32. The topological polar surface area (TPSA) is 79.3 Å². The molecule has 2 aliphatic rings. The van der Waals surface area contributed by atoms with Crippen LogP contribution in [-0.4, -0.2) is 22.0 Å². The van der Waals surface area contributed by atoms with Gasteiger partial charge < -0.3 is 10.4 Å². The summed E-state index contributed by atoms with van der Waals surface area (Å²) in [4.78, 5) is 28.5. The number of hydrogen-bond donors (Lipinski definition) is 2. The van der Waals surface area contributed by atoms with Crippen molar-refractivity contribution in [1.82, 2.24) is 4.98 Å². The molecule has 3 rings (SSSR count). The standard InChI is InChI=1S/C16H20N2O3S/c1-16(2,3)10-7-22-15(17-10)18-13(19)11-8-4-5-9(6-8)12(11)14(20)21/h4-5,7-9,11-12H,6H2,1-3H3,(H,20,21)(H,17,18,19)/t8-,9-,11+,12+/m0/s1. The lowest BCUT2D eigenvalue weighted by molar-refractivity contribution is -0.146. The molecule has 0 aliphatic heterocycles. The number of fused-ring (bicyclic) bond motifs is 2. The summed E-state index contributed by atoms with van der Waals surface area (Å²) < 4.78 is 0. The Balaban J connectivity index is 1.76. The molecule has 0 saturated heterocycles. The monoisotopic (exact) mass is 320 g/mol. The van der Waals surface area contributed by atoms with Crippen LogP contribution in [-0.2, 0) is 15.0 Å². The quantitative estimate of drug-likeness (QED) is 0.839. The van der Waals surface area contributed by atoms with E-state index in [1.807, 2.05) is 17.5 Å². The summed E-state index contributed by atoms with van der Waals surface area (Å²) in [7, 11) is 0. The average molecular weight is 320 g/mol. The van der Waals surface area contributed by atoms with E-state index in [0.29, 0.717) is 5.13 Å². The van der Waals surface area contributed by atoms with E-state index in [4.69, 9.17) is 0 Å². The van der Waals surface area contributed by atoms with Crippen molar-refractivity contribution >= 4 is 28.3 Å². The fourth-order valence-electron chi connectivity index (χ4n) is 3.38. The molecule has 0 unspecified atom stereocenters. The molecule has 0 radical (unpaired) electrons. The molecule has 5 nitrogen and oxygen atoms in total. The average Bonchev–Trinajstić information content (AvgIpc) is 3.11. The van der Waals surface area contributed by atoms with E-state index in [1.54, 1.807) is 0 Å². The molecule has 1 amide bonds. The maximum atomic E-state index is 12.5. The van der Waals surface area contributed by atoms with E-state index in [0.717, 1.165) is 12.1 Å². The third kappa shape index (κ3) is 2.56. The second-order valence-electron chi connectivity index (χ2n) is 7.12. The van der Waals surface area contributed by atoms with Crippen LogP contribution in [0.15, 0.2) is 17.5 Å². The number of aliphatic carboxylic acids is 1. The van der Waals surface area contributed by atoms with Crippen LogP contribution in [0.3, 0.4) is 0 Å². The van der Waals surface area contributed by atoms with E-state index in [9.17, 15) is 14.7 Å². The number of nitrogens with zero attached hydrogens (tertiary/aromatic N) is 1. The van der Waals surface area contributed by atoms with Crippen molar-refractivity contribution in [1.29, 1.82) is 0 Å². The number of carboxylic acids is 1. The van der Waals surface area contributed by atoms with E-state index in [-0.39, 0.29) is 23.2 Å². The summed E-state index contributed by atoms with van der Waals surface area (Å²) in [5.74, 6) is -2.19. The lowest BCUT2D eigenvalue weighted by atomic mass is 9.82. The highest BCUT2D eigenvalue weighted by atomic mass is 32.1. The number of anilines is 1. The molecule has 1 saturated carbocycles. The first-order chi connectivity index (χ1) is 10.3. The maximum absolute atomic E-state index is 12.5. The van der Waals surface area contributed by atoms with Gasteiger partial charge in [0.2, 0.25) is 5.91 Å². The molecule has 1 aromatic heterocycles. The van der Waals surface area contributed by atoms with E-state index in [2.05, 4.69) is 31.1 Å². The number of rotatable bonds is 3. The van der Waals surface area contributed by atoms with Crippen molar-refractivity contribution in [2.75, 3.05) is 5.32 Å². The molecule has 4 atom stereocenters. The number of hydrogen-bond acceptors (Lipinski definition) is 4. The highest BCUT2D eigenvalue weighted by Gasteiger charge is 2.51. The molecule has 2 bridgehead atoms. The Morgan fingerprint density at radius 2 is 1.91 bits per heavy atom. The molecule has 22 heavy (non-hydrogen) atoms. The molecule has 1 aromatic rings. The number of carbonyl (C=O) groups excluding carboxylic acids is 1. The fraction of sp³-hybridized carbons (Fsp3) is 0.562. The summed E-state index contributed by atoms with van der Waals surface area (Å²) in [6, 6.07) is 0. The van der Waals surface area contributed by atoms with Gasteiger partial charge >= 0.3 is 5.97 Å². The van der Waals surface area contributed by atoms with Crippen molar-refractivity contribution in [3.8, 4) is 0 Å². The molecule has 0 aromatic carbocycles. The maximum Gasteiger partial charge on any atom is 0.307 e. The normalized spacial score (nSPS) is 29.8. The molecule has 118 valence electrons. The number of nitrogens with one attached hydrogen (secondary N) is 1. The number of aromatic nitrogens is 1. The van der Waals surface area contributed by atoms with Gasteiger partial charge in [-0.25, -0.2) is 4.98 Å². The van der Waals surface area contributed by atoms with Crippen molar-refractivity contribution in [2.45, 2.75) is 32.6 Å². The first kappa shape index (κ1) is 15.2. The molecule has 6 heteroatoms. The van der Waals surface area contributed by atoms with E-state index < -0.39 is 17.8 Å². The van der Waals surface area contributed by atoms with Gasteiger partial charge in [0.1, 0.15) is 0 Å². The third-order valence-electron chi connectivity index (χ3n) is 4.55. The van der Waals surface area contributed by atoms with Crippen LogP contribution < -0.4 is 5.32 Å². The summed E-state index contributed by atoms with van der Waals surface area (Å²) in [6.07, 6.45) is 4.69. The van der Waals surface area contributed by atoms with Gasteiger partial charge in [-0.1, -0.05) is 32.9 Å². The summed E-state index contributed by atoms with van der Waals surface area (Å²) in [5.41, 5.74) is 0.855. The first-order valence-electron chi connectivity index (χ1n) is 7.45. The molecule has 1 heterocycles. The van der Waals surface area contributed by atoms with Gasteiger partial charge in [0.25, 0.3) is 0 Å². The third-order valence-corrected chi connectivity index (χ3v) is 5.31. The Hall–Kier alpha value is -1.69. The minimum absolute atomic E-state index is 0.0142. The number of amides is 1. The Kier molecular flexibility index (Phi) is 3.59. The van der Waals surface area contributed by atoms with Crippen LogP contribution in [0, 0.1) is 23.7 Å². The van der Waals surface area contributed by atoms with Gasteiger partial charge in [-0.3, -0.25) is 9.59 Å². The van der Waals surface area contributed by atoms with Gasteiger partial charge in [-0.2, -0.15) is 0 Å². The number of allylic oxidation sites excluding steroid dienone is 2. The van der Waals surface area contributed by atoms with Crippen LogP contribution in [0.2, 0.25) is 0 Å². The van der Waals surface area contributed by atoms with Crippen LogP contribution >= 0.6 is 11.3 Å². The zero-order chi connectivity index (χ0) is 16.1. The van der Waals surface area contributed by atoms with Crippen LogP contribution in [0.25, 0.3) is 0 Å². The minimum Gasteiger partial charge on any atom is -0.481 e. The zero-order valence-corrected chi connectivity index (χ0v) is 13.7. The number of carboxylic acid groups (broad SMARTS) is 1. The second kappa shape index (κ2) is 5.19. The van der Waals surface area contributed by atoms with Gasteiger partial charge in [0, 0.05) is 10.8 Å². The van der Waals surface area contributed by atoms with E-state index in [1.165, 1.54) is 11.3 Å². The van der Waals surface area contributed by atoms with Crippen molar-refractivity contribution in [2.24, 2.45) is 23.7 Å². The molecule has 0 spiro atoms. The van der Waals surface area contributed by atoms with Crippen LogP contribution in [0.5, 0.6) is 0 Å². The van der Waals surface area contributed by atoms with E-state index >= 15 is 0 Å². The van der Waals surface area contributed by atoms with Crippen molar-refractivity contribution in [3.05, 3.63) is 23.2 Å². The minimum atomic E-state index is -0.883.